The molecule has 0 unspecified atom stereocenters. The van der Waals surface area contributed by atoms with Gasteiger partial charge in [0.15, 0.2) is 0 Å². The Bertz CT molecular complexity index is 2520. The molecule has 0 aliphatic rings. The van der Waals surface area contributed by atoms with Crippen LogP contribution in [0, 0.1) is 11.3 Å². The van der Waals surface area contributed by atoms with Crippen LogP contribution in [0.1, 0.15) is 5.56 Å². The summed E-state index contributed by atoms with van der Waals surface area (Å²) >= 11 is 3.71. The summed E-state index contributed by atoms with van der Waals surface area (Å²) in [5, 5.41) is 14.5. The summed E-state index contributed by atoms with van der Waals surface area (Å²) in [7, 11) is 0. The van der Waals surface area contributed by atoms with E-state index in [2.05, 4.69) is 133 Å². The molecule has 9 rings (SSSR count). The predicted octanol–water partition coefficient (Wildman–Crippen LogP) is 13.0. The zero-order valence-corrected chi connectivity index (χ0v) is 26.3. The Morgan fingerprint density at radius 2 is 0.739 bits per heavy atom. The van der Waals surface area contributed by atoms with Gasteiger partial charge in [-0.25, -0.2) is 0 Å². The van der Waals surface area contributed by atoms with Crippen molar-refractivity contribution in [1.82, 2.24) is 0 Å². The summed E-state index contributed by atoms with van der Waals surface area (Å²) < 4.78 is 5.26. The molecule has 3 heteroatoms. The maximum atomic E-state index is 9.28. The van der Waals surface area contributed by atoms with Gasteiger partial charge < -0.3 is 0 Å². The Morgan fingerprint density at radius 1 is 0.326 bits per heavy atom. The molecule has 0 fully saturated rings. The van der Waals surface area contributed by atoms with Gasteiger partial charge in [-0.3, -0.25) is 0 Å². The number of fused-ring (bicyclic) bond motifs is 6. The van der Waals surface area contributed by atoms with Crippen LogP contribution in [0.5, 0.6) is 0 Å². The number of hydrogen-bond donors (Lipinski definition) is 0. The van der Waals surface area contributed by atoms with E-state index in [4.69, 9.17) is 0 Å². The monoisotopic (exact) mass is 619 g/mol. The van der Waals surface area contributed by atoms with Gasteiger partial charge in [0.05, 0.1) is 11.6 Å². The lowest BCUT2D eigenvalue weighted by Crippen LogP contribution is -1.87. The zero-order valence-electron chi connectivity index (χ0n) is 24.7. The van der Waals surface area contributed by atoms with E-state index >= 15 is 0 Å². The van der Waals surface area contributed by atoms with E-state index in [1.54, 1.807) is 0 Å². The fourth-order valence-corrected chi connectivity index (χ4v) is 8.73. The summed E-state index contributed by atoms with van der Waals surface area (Å²) in [6.45, 7) is 0. The van der Waals surface area contributed by atoms with Crippen molar-refractivity contribution in [3.63, 3.8) is 0 Å². The van der Waals surface area contributed by atoms with Crippen molar-refractivity contribution in [3.8, 4) is 50.6 Å². The molecule has 9 aromatic rings. The number of nitrogens with zero attached hydrogens (tertiary/aromatic N) is 1. The Kier molecular flexibility index (Phi) is 6.31. The third-order valence-corrected chi connectivity index (χ3v) is 11.2. The smallest absolute Gasteiger partial charge is 0.0991 e. The van der Waals surface area contributed by atoms with E-state index in [0.717, 1.165) is 16.7 Å². The highest BCUT2D eigenvalue weighted by Crippen LogP contribution is 2.41. The third-order valence-electron chi connectivity index (χ3n) is 8.90. The molecule has 0 N–H and O–H groups in total. The van der Waals surface area contributed by atoms with Gasteiger partial charge in [0.25, 0.3) is 0 Å². The molecule has 0 atom stereocenters. The van der Waals surface area contributed by atoms with Crippen LogP contribution in [0.4, 0.5) is 0 Å². The van der Waals surface area contributed by atoms with Crippen molar-refractivity contribution in [1.29, 1.82) is 5.26 Å². The highest BCUT2D eigenvalue weighted by atomic mass is 32.1. The van der Waals surface area contributed by atoms with E-state index < -0.39 is 0 Å². The molecule has 0 aliphatic heterocycles. The first kappa shape index (κ1) is 26.8. The molecule has 7 aromatic carbocycles. The first-order chi connectivity index (χ1) is 22.7. The number of benzene rings is 7. The quantitative estimate of drug-likeness (QED) is 0.192. The average molecular weight is 620 g/mol. The van der Waals surface area contributed by atoms with Gasteiger partial charge in [-0.05, 0) is 117 Å². The van der Waals surface area contributed by atoms with Gasteiger partial charge >= 0.3 is 0 Å². The van der Waals surface area contributed by atoms with Crippen LogP contribution in [0.25, 0.3) is 84.9 Å². The van der Waals surface area contributed by atoms with Gasteiger partial charge in [0.2, 0.25) is 0 Å². The molecule has 46 heavy (non-hydrogen) atoms. The first-order valence-electron chi connectivity index (χ1n) is 15.3. The largest absolute Gasteiger partial charge is 0.192 e. The maximum Gasteiger partial charge on any atom is 0.0991 e. The normalized spacial score (nSPS) is 11.5. The molecular formula is C43H25NS2. The summed E-state index contributed by atoms with van der Waals surface area (Å²) in [4.78, 5) is 0. The second-order valence-corrected chi connectivity index (χ2v) is 13.9. The van der Waals surface area contributed by atoms with Gasteiger partial charge in [-0.1, -0.05) is 78.9 Å². The molecule has 0 saturated carbocycles. The van der Waals surface area contributed by atoms with Crippen LogP contribution in [0.2, 0.25) is 0 Å². The SMILES string of the molecule is N#Cc1ccc(-c2cccc(-c3cc(-c4ccc5sc6ccccc6c5c4)cc(-c4ccc5sc6ccccc6c5c4)c3)c2)cc1. The molecule has 0 saturated heterocycles. The van der Waals surface area contributed by atoms with Crippen LogP contribution in [0.15, 0.2) is 152 Å². The molecule has 2 aromatic heterocycles. The molecule has 1 nitrogen and oxygen atoms in total. The predicted molar refractivity (Wildman–Crippen MR) is 199 cm³/mol. The van der Waals surface area contributed by atoms with E-state index in [-0.39, 0.29) is 0 Å². The number of nitriles is 1. The molecule has 2 heterocycles. The van der Waals surface area contributed by atoms with Crippen molar-refractivity contribution >= 4 is 63.0 Å². The van der Waals surface area contributed by atoms with Crippen molar-refractivity contribution in [2.75, 3.05) is 0 Å². The first-order valence-corrected chi connectivity index (χ1v) is 16.9. The molecular weight excluding hydrogens is 595 g/mol. The molecule has 214 valence electrons. The number of thiophene rings is 2. The lowest BCUT2D eigenvalue weighted by molar-refractivity contribution is 1.48. The second-order valence-electron chi connectivity index (χ2n) is 11.7. The van der Waals surface area contributed by atoms with Crippen LogP contribution < -0.4 is 0 Å². The minimum atomic E-state index is 0.669. The lowest BCUT2D eigenvalue weighted by Gasteiger charge is -2.13. The minimum Gasteiger partial charge on any atom is -0.192 e. The van der Waals surface area contributed by atoms with Crippen LogP contribution in [-0.2, 0) is 0 Å². The minimum absolute atomic E-state index is 0.669. The highest BCUT2D eigenvalue weighted by molar-refractivity contribution is 7.26. The molecule has 0 spiro atoms. The molecule has 0 bridgehead atoms. The average Bonchev–Trinajstić information content (AvgIpc) is 3.69. The Labute approximate surface area is 274 Å². The fraction of sp³-hybridized carbons (Fsp3) is 0. The van der Waals surface area contributed by atoms with E-state index in [9.17, 15) is 5.26 Å². The number of hydrogen-bond acceptors (Lipinski definition) is 3. The summed E-state index contributed by atoms with van der Waals surface area (Å²) in [5.41, 5.74) is 10.1. The lowest BCUT2D eigenvalue weighted by atomic mass is 9.91. The zero-order chi connectivity index (χ0) is 30.6. The van der Waals surface area contributed by atoms with Gasteiger partial charge in [0, 0.05) is 40.3 Å². The van der Waals surface area contributed by atoms with Gasteiger partial charge in [-0.2, -0.15) is 5.26 Å². The van der Waals surface area contributed by atoms with Crippen LogP contribution >= 0.6 is 22.7 Å². The van der Waals surface area contributed by atoms with Crippen LogP contribution in [0.3, 0.4) is 0 Å². The fourth-order valence-electron chi connectivity index (χ4n) is 6.55. The van der Waals surface area contributed by atoms with Gasteiger partial charge in [0.1, 0.15) is 0 Å². The Morgan fingerprint density at radius 3 is 1.26 bits per heavy atom. The standard InChI is InChI=1S/C43H25NS2/c44-26-27-12-14-28(15-13-27)29-6-5-7-30(20-29)33-21-34(31-16-18-42-38(24-31)36-8-1-3-10-40(36)45-42)23-35(22-33)32-17-19-43-39(25-32)37-9-2-4-11-41(37)46-43/h1-25H. The Hall–Kier alpha value is -5.53. The summed E-state index contributed by atoms with van der Waals surface area (Å²) in [6, 6.07) is 57.0. The van der Waals surface area contributed by atoms with E-state index in [0.29, 0.717) is 5.56 Å². The summed E-state index contributed by atoms with van der Waals surface area (Å²) in [5.74, 6) is 0. The van der Waals surface area contributed by atoms with Gasteiger partial charge in [-0.15, -0.1) is 22.7 Å². The van der Waals surface area contributed by atoms with Crippen LogP contribution in [-0.4, -0.2) is 0 Å². The summed E-state index contributed by atoms with van der Waals surface area (Å²) in [6.07, 6.45) is 0. The van der Waals surface area contributed by atoms with Crippen molar-refractivity contribution in [3.05, 3.63) is 157 Å². The van der Waals surface area contributed by atoms with E-state index in [1.165, 1.54) is 68.2 Å². The molecule has 0 aliphatic carbocycles. The maximum absolute atomic E-state index is 9.28. The highest BCUT2D eigenvalue weighted by Gasteiger charge is 2.13. The van der Waals surface area contributed by atoms with Crippen molar-refractivity contribution in [2.24, 2.45) is 0 Å². The second kappa shape index (κ2) is 10.8. The van der Waals surface area contributed by atoms with E-state index in [1.807, 2.05) is 46.9 Å². The van der Waals surface area contributed by atoms with Crippen molar-refractivity contribution in [2.45, 2.75) is 0 Å². The molecule has 0 amide bonds. The van der Waals surface area contributed by atoms with Crippen molar-refractivity contribution < 1.29 is 0 Å². The topological polar surface area (TPSA) is 23.8 Å². The molecule has 0 radical (unpaired) electrons. The third kappa shape index (κ3) is 4.59. The number of rotatable bonds is 4. The Balaban J connectivity index is 1.24.